The van der Waals surface area contributed by atoms with E-state index in [1.165, 1.54) is 110 Å². The lowest BCUT2D eigenvalue weighted by molar-refractivity contribution is 0.332. The average Bonchev–Trinajstić information content (AvgIpc) is 2.34. The van der Waals surface area contributed by atoms with Crippen LogP contribution in [0.15, 0.2) is 200 Å². The Balaban J connectivity index is 1.15. The molecule has 0 atom stereocenters. The largest absolute Gasteiger partial charge is 0.376 e. The smallest absolute Gasteiger partial charge is 0.334 e. The molecule has 81 heavy (non-hydrogen) atoms. The van der Waals surface area contributed by atoms with Crippen molar-refractivity contribution in [1.82, 2.24) is 0 Å². The van der Waals surface area contributed by atoms with Gasteiger partial charge in [0.2, 0.25) is 0 Å². The first-order valence-corrected chi connectivity index (χ1v) is 30.2. The third kappa shape index (κ3) is 9.03. The molecule has 0 N–H and O–H groups in total. The Morgan fingerprint density at radius 2 is 0.975 bits per heavy atom. The molecule has 0 spiro atoms. The van der Waals surface area contributed by atoms with E-state index in [1.54, 1.807) is 0 Å². The highest BCUT2D eigenvalue weighted by molar-refractivity contribution is 7.26. The van der Waals surface area contributed by atoms with Gasteiger partial charge >= 0.3 is 6.85 Å². The molecule has 0 radical (unpaired) electrons. The quantitative estimate of drug-likeness (QED) is 0.147. The van der Waals surface area contributed by atoms with Gasteiger partial charge in [-0.2, -0.15) is 0 Å². The summed E-state index contributed by atoms with van der Waals surface area (Å²) in [6, 6.07) is 77.2. The Labute approximate surface area is 487 Å². The molecule has 2 aliphatic heterocycles. The summed E-state index contributed by atoms with van der Waals surface area (Å²) < 4.78 is 1.29. The van der Waals surface area contributed by atoms with Gasteiger partial charge in [0, 0.05) is 50.0 Å². The van der Waals surface area contributed by atoms with Gasteiger partial charge in [-0.3, -0.25) is 0 Å². The fourth-order valence-electron chi connectivity index (χ4n) is 13.3. The number of benzene rings is 9. The molecule has 0 unspecified atom stereocenters. The van der Waals surface area contributed by atoms with E-state index in [4.69, 9.17) is 0 Å². The Morgan fingerprint density at radius 3 is 1.59 bits per heavy atom. The topological polar surface area (TPSA) is 9.72 Å². The van der Waals surface area contributed by atoms with Crippen LogP contribution in [0.1, 0.15) is 131 Å². The van der Waals surface area contributed by atoms with Crippen molar-refractivity contribution >= 4 is 84.0 Å². The maximum atomic E-state index is 2.77. The molecule has 0 amide bonds. The van der Waals surface area contributed by atoms with Gasteiger partial charge in [-0.1, -0.05) is 211 Å². The van der Waals surface area contributed by atoms with E-state index in [0.717, 1.165) is 29.9 Å². The SMILES string of the molecule is CC(C)(C)c1ccc(N(c2ccc(C(C)(C)C)cc2)c2ccc3c(c2)N(c2ccc4c(c2)C(C)(C)CCC4(C)C)B2c4c-3cc(-c3ccccc3)cc4N(c3ccc(C(C)(C)C)cc3-c3ccccc3)c3sc4ccccc4c32)cc1. The van der Waals surface area contributed by atoms with Crippen LogP contribution in [0.25, 0.3) is 43.5 Å². The molecule has 404 valence electrons. The molecule has 0 saturated heterocycles. The van der Waals surface area contributed by atoms with Crippen LogP contribution in [0.4, 0.5) is 44.8 Å². The minimum Gasteiger partial charge on any atom is -0.376 e. The number of anilines is 8. The second kappa shape index (κ2) is 19.0. The zero-order valence-electron chi connectivity index (χ0n) is 49.8. The van der Waals surface area contributed by atoms with Crippen LogP contribution in [0.5, 0.6) is 0 Å². The van der Waals surface area contributed by atoms with Crippen molar-refractivity contribution in [2.75, 3.05) is 14.6 Å². The summed E-state index contributed by atoms with van der Waals surface area (Å²) in [5, 5.41) is 2.56. The predicted octanol–water partition coefficient (Wildman–Crippen LogP) is 20.7. The molecule has 13 rings (SSSR count). The van der Waals surface area contributed by atoms with Crippen LogP contribution in [-0.2, 0) is 27.1 Å². The van der Waals surface area contributed by atoms with E-state index >= 15 is 0 Å². The summed E-state index contributed by atoms with van der Waals surface area (Å²) in [6.07, 6.45) is 2.30. The van der Waals surface area contributed by atoms with E-state index in [2.05, 4.69) is 305 Å². The van der Waals surface area contributed by atoms with Crippen molar-refractivity contribution in [3.63, 3.8) is 0 Å². The normalized spacial score (nSPS) is 15.2. The summed E-state index contributed by atoms with van der Waals surface area (Å²) in [5.74, 6) is 0. The molecule has 9 aromatic carbocycles. The number of rotatable bonds is 7. The lowest BCUT2D eigenvalue weighted by Gasteiger charge is -2.47. The van der Waals surface area contributed by atoms with Gasteiger partial charge in [0.1, 0.15) is 0 Å². The van der Waals surface area contributed by atoms with E-state index in [0.29, 0.717) is 0 Å². The second-order valence-corrected chi connectivity index (χ2v) is 28.8. The Bertz CT molecular complexity index is 4000. The summed E-state index contributed by atoms with van der Waals surface area (Å²) in [6.45, 7) is 30.5. The maximum Gasteiger partial charge on any atom is 0.334 e. The van der Waals surface area contributed by atoms with Gasteiger partial charge in [-0.05, 0) is 185 Å². The first-order chi connectivity index (χ1) is 38.5. The van der Waals surface area contributed by atoms with Crippen LogP contribution >= 0.6 is 11.3 Å². The van der Waals surface area contributed by atoms with Crippen LogP contribution < -0.4 is 25.5 Å². The summed E-state index contributed by atoms with van der Waals surface area (Å²) in [7, 11) is 0. The monoisotopic (exact) mass is 1070 g/mol. The molecule has 3 aliphatic rings. The summed E-state index contributed by atoms with van der Waals surface area (Å²) >= 11 is 1.93. The second-order valence-electron chi connectivity index (χ2n) is 27.7. The molecular weight excluding hydrogens is 998 g/mol. The van der Waals surface area contributed by atoms with Gasteiger partial charge in [-0.15, -0.1) is 11.3 Å². The minimum absolute atomic E-state index is 0.000867. The van der Waals surface area contributed by atoms with Crippen molar-refractivity contribution < 1.29 is 0 Å². The number of thiophene rings is 1. The number of hydrogen-bond donors (Lipinski definition) is 0. The highest BCUT2D eigenvalue weighted by atomic mass is 32.1. The first kappa shape index (κ1) is 52.8. The van der Waals surface area contributed by atoms with Gasteiger partial charge in [-0.25, -0.2) is 0 Å². The average molecular weight is 1070 g/mol. The third-order valence-electron chi connectivity index (χ3n) is 18.2. The minimum atomic E-state index is -0.178. The Kier molecular flexibility index (Phi) is 12.4. The maximum absolute atomic E-state index is 2.77. The summed E-state index contributed by atoms with van der Waals surface area (Å²) in [5.41, 5.74) is 25.1. The fourth-order valence-corrected chi connectivity index (χ4v) is 14.6. The number of nitrogens with zero attached hydrogens (tertiary/aromatic N) is 3. The molecule has 0 fully saturated rings. The predicted molar refractivity (Wildman–Crippen MR) is 352 cm³/mol. The molecule has 1 aromatic heterocycles. The van der Waals surface area contributed by atoms with Crippen LogP contribution in [-0.4, -0.2) is 6.85 Å². The van der Waals surface area contributed by atoms with Gasteiger partial charge in [0.05, 0.1) is 10.7 Å². The van der Waals surface area contributed by atoms with Crippen LogP contribution in [0.2, 0.25) is 0 Å². The van der Waals surface area contributed by atoms with Crippen molar-refractivity contribution in [3.05, 3.63) is 228 Å². The van der Waals surface area contributed by atoms with E-state index in [-0.39, 0.29) is 33.9 Å². The lowest BCUT2D eigenvalue weighted by atomic mass is 9.43. The molecule has 0 saturated carbocycles. The molecule has 3 nitrogen and oxygen atoms in total. The molecule has 10 aromatic rings. The molecule has 1 aliphatic carbocycles. The van der Waals surface area contributed by atoms with Crippen molar-refractivity contribution in [3.8, 4) is 33.4 Å². The van der Waals surface area contributed by atoms with E-state index in [9.17, 15) is 0 Å². The van der Waals surface area contributed by atoms with Crippen molar-refractivity contribution in [1.29, 1.82) is 0 Å². The highest BCUT2D eigenvalue weighted by Gasteiger charge is 2.48. The highest BCUT2D eigenvalue weighted by Crippen LogP contribution is 2.55. The van der Waals surface area contributed by atoms with Crippen molar-refractivity contribution in [2.45, 2.75) is 130 Å². The standard InChI is InChI=1S/C76H76BN3S/c1-72(2,3)52-28-33-55(34-29-52)78(56-35-30-53(31-36-56)73(4,5)6)57-37-39-59-62-44-51(49-22-16-14-17-23-49)45-67-69(62)77(80(66(59)48-57)58-38-40-63-64(47-58)76(12,13)43-42-75(63,10)11)70-60-26-20-21-27-68(60)81-71(70)79(67)65-41-32-54(74(7,8)9)46-61(65)50-24-18-15-19-25-50/h14-41,44-48H,42-43H2,1-13H3. The van der Waals surface area contributed by atoms with E-state index < -0.39 is 0 Å². The Morgan fingerprint density at radius 1 is 0.420 bits per heavy atom. The molecule has 3 heterocycles. The summed E-state index contributed by atoms with van der Waals surface area (Å²) in [4.78, 5) is 7.92. The van der Waals surface area contributed by atoms with Gasteiger partial charge in [0.15, 0.2) is 0 Å². The third-order valence-corrected chi connectivity index (χ3v) is 19.4. The zero-order chi connectivity index (χ0) is 56.5. The van der Waals surface area contributed by atoms with Crippen LogP contribution in [0.3, 0.4) is 0 Å². The zero-order valence-corrected chi connectivity index (χ0v) is 50.6. The van der Waals surface area contributed by atoms with Crippen LogP contribution in [0, 0.1) is 0 Å². The molecule has 0 bridgehead atoms. The number of hydrogen-bond acceptors (Lipinski definition) is 4. The Hall–Kier alpha value is -7.60. The lowest BCUT2D eigenvalue weighted by Crippen LogP contribution is -2.61. The first-order valence-electron chi connectivity index (χ1n) is 29.4. The number of fused-ring (bicyclic) bond motifs is 7. The fraction of sp³-hybridized carbons (Fsp3) is 0.263. The molecular formula is C76H76BN3S. The van der Waals surface area contributed by atoms with E-state index in [1.807, 2.05) is 11.3 Å². The molecule has 5 heteroatoms. The van der Waals surface area contributed by atoms with Gasteiger partial charge in [0.25, 0.3) is 0 Å². The van der Waals surface area contributed by atoms with Gasteiger partial charge < -0.3 is 14.6 Å². The van der Waals surface area contributed by atoms with Crippen molar-refractivity contribution in [2.24, 2.45) is 0 Å².